The average Bonchev–Trinajstić information content (AvgIpc) is 2.01. The second kappa shape index (κ2) is 4.40. The van der Waals surface area contributed by atoms with E-state index >= 15 is 0 Å². The Morgan fingerprint density at radius 2 is 2.00 bits per heavy atom. The number of rotatable bonds is 2. The molecular formula is C10H22N2O. The highest BCUT2D eigenvalue weighted by Crippen LogP contribution is 2.10. The third-order valence-corrected chi connectivity index (χ3v) is 2.28. The van der Waals surface area contributed by atoms with Gasteiger partial charge in [-0.05, 0) is 27.2 Å². The highest BCUT2D eigenvalue weighted by Gasteiger charge is 2.24. The molecule has 78 valence electrons. The monoisotopic (exact) mass is 186 g/mol. The van der Waals surface area contributed by atoms with E-state index in [-0.39, 0.29) is 5.54 Å². The zero-order chi connectivity index (χ0) is 9.90. The minimum Gasteiger partial charge on any atom is -0.380 e. The SMILES string of the molecule is CO[C@@H]1CNC[C@H](NC(C)(C)C)C1. The summed E-state index contributed by atoms with van der Waals surface area (Å²) in [5.41, 5.74) is 0.196. The summed E-state index contributed by atoms with van der Waals surface area (Å²) >= 11 is 0. The summed E-state index contributed by atoms with van der Waals surface area (Å²) in [5.74, 6) is 0. The predicted octanol–water partition coefficient (Wildman–Crippen LogP) is 0.751. The molecule has 1 fully saturated rings. The molecule has 0 bridgehead atoms. The fourth-order valence-electron chi connectivity index (χ4n) is 1.80. The fraction of sp³-hybridized carbons (Fsp3) is 1.00. The van der Waals surface area contributed by atoms with Crippen molar-refractivity contribution in [3.63, 3.8) is 0 Å². The van der Waals surface area contributed by atoms with Gasteiger partial charge in [0.25, 0.3) is 0 Å². The van der Waals surface area contributed by atoms with E-state index in [4.69, 9.17) is 4.74 Å². The minimum atomic E-state index is 0.196. The van der Waals surface area contributed by atoms with Gasteiger partial charge in [-0.3, -0.25) is 0 Å². The number of nitrogens with one attached hydrogen (secondary N) is 2. The summed E-state index contributed by atoms with van der Waals surface area (Å²) in [4.78, 5) is 0. The van der Waals surface area contributed by atoms with Crippen LogP contribution < -0.4 is 10.6 Å². The van der Waals surface area contributed by atoms with Crippen molar-refractivity contribution in [3.05, 3.63) is 0 Å². The highest BCUT2D eigenvalue weighted by atomic mass is 16.5. The molecule has 0 aromatic heterocycles. The van der Waals surface area contributed by atoms with Gasteiger partial charge in [-0.1, -0.05) is 0 Å². The van der Waals surface area contributed by atoms with Crippen molar-refractivity contribution in [1.29, 1.82) is 0 Å². The standard InChI is InChI=1S/C10H22N2O/c1-10(2,3)12-8-5-9(13-4)7-11-6-8/h8-9,11-12H,5-7H2,1-4H3/t8-,9+/m1/s1. The molecule has 2 N–H and O–H groups in total. The van der Waals surface area contributed by atoms with Gasteiger partial charge in [0.15, 0.2) is 0 Å². The van der Waals surface area contributed by atoms with Crippen LogP contribution in [-0.4, -0.2) is 37.9 Å². The van der Waals surface area contributed by atoms with Crippen LogP contribution in [0.5, 0.6) is 0 Å². The van der Waals surface area contributed by atoms with Gasteiger partial charge in [0.05, 0.1) is 6.10 Å². The number of methoxy groups -OCH3 is 1. The van der Waals surface area contributed by atoms with Crippen LogP contribution in [0, 0.1) is 0 Å². The van der Waals surface area contributed by atoms with Crippen LogP contribution in [0.15, 0.2) is 0 Å². The number of ether oxygens (including phenoxy) is 1. The van der Waals surface area contributed by atoms with E-state index < -0.39 is 0 Å². The molecule has 0 spiro atoms. The topological polar surface area (TPSA) is 33.3 Å². The summed E-state index contributed by atoms with van der Waals surface area (Å²) in [5, 5.41) is 6.95. The molecule has 1 saturated heterocycles. The summed E-state index contributed by atoms with van der Waals surface area (Å²) in [6.07, 6.45) is 1.48. The maximum Gasteiger partial charge on any atom is 0.0711 e. The Kier molecular flexibility index (Phi) is 3.71. The lowest BCUT2D eigenvalue weighted by molar-refractivity contribution is 0.0651. The van der Waals surface area contributed by atoms with Crippen LogP contribution in [0.3, 0.4) is 0 Å². The Balaban J connectivity index is 2.34. The third-order valence-electron chi connectivity index (χ3n) is 2.28. The van der Waals surface area contributed by atoms with Gasteiger partial charge >= 0.3 is 0 Å². The third kappa shape index (κ3) is 4.07. The zero-order valence-corrected chi connectivity index (χ0v) is 9.18. The molecule has 0 radical (unpaired) electrons. The first kappa shape index (κ1) is 11.0. The maximum absolute atomic E-state index is 5.33. The largest absolute Gasteiger partial charge is 0.380 e. The molecular weight excluding hydrogens is 164 g/mol. The molecule has 1 heterocycles. The van der Waals surface area contributed by atoms with Gasteiger partial charge in [0, 0.05) is 31.8 Å². The molecule has 3 heteroatoms. The Labute approximate surface area is 81.2 Å². The van der Waals surface area contributed by atoms with Crippen molar-refractivity contribution in [2.75, 3.05) is 20.2 Å². The molecule has 2 atom stereocenters. The molecule has 0 aliphatic carbocycles. The Hall–Kier alpha value is -0.120. The Bertz CT molecular complexity index is 153. The molecule has 0 aromatic rings. The van der Waals surface area contributed by atoms with Crippen molar-refractivity contribution < 1.29 is 4.74 Å². The maximum atomic E-state index is 5.33. The molecule has 1 aliphatic heterocycles. The van der Waals surface area contributed by atoms with Gasteiger partial charge in [-0.25, -0.2) is 0 Å². The molecule has 0 aromatic carbocycles. The second-order valence-corrected chi connectivity index (χ2v) is 4.84. The van der Waals surface area contributed by atoms with Crippen molar-refractivity contribution >= 4 is 0 Å². The van der Waals surface area contributed by atoms with Crippen molar-refractivity contribution in [2.45, 2.75) is 44.9 Å². The molecule has 1 aliphatic rings. The van der Waals surface area contributed by atoms with Crippen LogP contribution in [0.4, 0.5) is 0 Å². The lowest BCUT2D eigenvalue weighted by Gasteiger charge is -2.34. The zero-order valence-electron chi connectivity index (χ0n) is 9.18. The van der Waals surface area contributed by atoms with E-state index in [2.05, 4.69) is 31.4 Å². The molecule has 0 amide bonds. The average molecular weight is 186 g/mol. The number of piperidine rings is 1. The molecule has 0 unspecified atom stereocenters. The van der Waals surface area contributed by atoms with Gasteiger partial charge < -0.3 is 15.4 Å². The Morgan fingerprint density at radius 1 is 1.31 bits per heavy atom. The van der Waals surface area contributed by atoms with E-state index in [1.54, 1.807) is 7.11 Å². The minimum absolute atomic E-state index is 0.196. The molecule has 0 saturated carbocycles. The van der Waals surface area contributed by atoms with E-state index in [0.29, 0.717) is 12.1 Å². The molecule has 1 rings (SSSR count). The van der Waals surface area contributed by atoms with E-state index in [9.17, 15) is 0 Å². The van der Waals surface area contributed by atoms with Gasteiger partial charge in [-0.15, -0.1) is 0 Å². The smallest absolute Gasteiger partial charge is 0.0711 e. The van der Waals surface area contributed by atoms with E-state index in [1.807, 2.05) is 0 Å². The summed E-state index contributed by atoms with van der Waals surface area (Å²) < 4.78 is 5.33. The summed E-state index contributed by atoms with van der Waals surface area (Å²) in [6, 6.07) is 0.540. The van der Waals surface area contributed by atoms with Crippen molar-refractivity contribution in [3.8, 4) is 0 Å². The normalized spacial score (nSPS) is 30.5. The van der Waals surface area contributed by atoms with Gasteiger partial charge in [-0.2, -0.15) is 0 Å². The lowest BCUT2D eigenvalue weighted by Crippen LogP contribution is -2.54. The summed E-state index contributed by atoms with van der Waals surface area (Å²) in [7, 11) is 1.78. The van der Waals surface area contributed by atoms with Crippen LogP contribution in [0.25, 0.3) is 0 Å². The highest BCUT2D eigenvalue weighted by molar-refractivity contribution is 4.85. The quantitative estimate of drug-likeness (QED) is 0.668. The first-order valence-corrected chi connectivity index (χ1v) is 5.02. The van der Waals surface area contributed by atoms with E-state index in [0.717, 1.165) is 19.5 Å². The summed E-state index contributed by atoms with van der Waals surface area (Å²) in [6.45, 7) is 8.63. The predicted molar refractivity (Wildman–Crippen MR) is 55.0 cm³/mol. The first-order chi connectivity index (χ1) is 6.01. The van der Waals surface area contributed by atoms with Crippen LogP contribution >= 0.6 is 0 Å². The second-order valence-electron chi connectivity index (χ2n) is 4.84. The molecule has 13 heavy (non-hydrogen) atoms. The van der Waals surface area contributed by atoms with Gasteiger partial charge in [0.2, 0.25) is 0 Å². The Morgan fingerprint density at radius 3 is 2.54 bits per heavy atom. The van der Waals surface area contributed by atoms with Gasteiger partial charge in [0.1, 0.15) is 0 Å². The molecule has 3 nitrogen and oxygen atoms in total. The van der Waals surface area contributed by atoms with Crippen LogP contribution in [0.1, 0.15) is 27.2 Å². The van der Waals surface area contributed by atoms with Crippen LogP contribution in [0.2, 0.25) is 0 Å². The first-order valence-electron chi connectivity index (χ1n) is 5.02. The number of hydrogen-bond acceptors (Lipinski definition) is 3. The van der Waals surface area contributed by atoms with Crippen molar-refractivity contribution in [1.82, 2.24) is 10.6 Å². The van der Waals surface area contributed by atoms with E-state index in [1.165, 1.54) is 0 Å². The van der Waals surface area contributed by atoms with Crippen LogP contribution in [-0.2, 0) is 4.74 Å². The van der Waals surface area contributed by atoms with Crippen molar-refractivity contribution in [2.24, 2.45) is 0 Å². The fourth-order valence-corrected chi connectivity index (χ4v) is 1.80. The number of hydrogen-bond donors (Lipinski definition) is 2. The lowest BCUT2D eigenvalue weighted by atomic mass is 10.0.